The van der Waals surface area contributed by atoms with E-state index in [-0.39, 0.29) is 12.2 Å². The third-order valence-electron chi connectivity index (χ3n) is 9.09. The Morgan fingerprint density at radius 1 is 1.19 bits per heavy atom. The van der Waals surface area contributed by atoms with Crippen molar-refractivity contribution in [3.63, 3.8) is 0 Å². The van der Waals surface area contributed by atoms with Crippen LogP contribution in [-0.4, -0.2) is 27.7 Å². The monoisotopic (exact) mass is 428 g/mol. The van der Waals surface area contributed by atoms with Crippen molar-refractivity contribution in [1.82, 2.24) is 0 Å². The van der Waals surface area contributed by atoms with Crippen molar-refractivity contribution in [2.75, 3.05) is 0 Å². The van der Waals surface area contributed by atoms with E-state index in [1.54, 1.807) is 0 Å². The first-order valence-electron chi connectivity index (χ1n) is 12.5. The van der Waals surface area contributed by atoms with E-state index >= 15 is 0 Å². The number of aliphatic hydroxyl groups is 2. The molecule has 3 fully saturated rings. The van der Waals surface area contributed by atoms with Gasteiger partial charge in [0.25, 0.3) is 0 Å². The average Bonchev–Trinajstić information content (AvgIpc) is 3.04. The second kappa shape index (κ2) is 9.35. The smallest absolute Gasteiger partial charge is 0.165 e. The standard InChI is InChI=1S/C28H44O3/c1-18(9-10-19(2)27(4,5)31)24-13-14-25-21(8-7-15-28(24,25)6)11-12-22-16-23(29)17-26(30)20(22)3/h11-12,18-19,23-25,29,31H,3,7-10,13-17H2,1-2,4-6H3/b21-11+,22-12-/t18-,19-,23-,24-,25+,28-/m1/s1. The highest BCUT2D eigenvalue weighted by molar-refractivity contribution is 6.00. The van der Waals surface area contributed by atoms with E-state index in [2.05, 4.69) is 39.5 Å². The molecule has 0 aromatic heterocycles. The van der Waals surface area contributed by atoms with Crippen LogP contribution in [0.15, 0.2) is 35.5 Å². The van der Waals surface area contributed by atoms with E-state index in [0.717, 1.165) is 24.3 Å². The van der Waals surface area contributed by atoms with Crippen molar-refractivity contribution in [3.8, 4) is 0 Å². The molecule has 0 aromatic carbocycles. The van der Waals surface area contributed by atoms with Crippen LogP contribution in [0, 0.1) is 29.1 Å². The number of Topliss-reactive ketones (excluding diaryl/α,β-unsaturated/α-hetero) is 1. The zero-order valence-corrected chi connectivity index (χ0v) is 20.4. The lowest BCUT2D eigenvalue weighted by Gasteiger charge is -2.44. The number of aliphatic hydroxyl groups excluding tert-OH is 1. The molecule has 0 aliphatic heterocycles. The molecule has 0 spiro atoms. The van der Waals surface area contributed by atoms with Crippen molar-refractivity contribution >= 4 is 5.78 Å². The highest BCUT2D eigenvalue weighted by Gasteiger charge is 2.50. The van der Waals surface area contributed by atoms with E-state index in [9.17, 15) is 15.0 Å². The molecule has 2 N–H and O–H groups in total. The first kappa shape index (κ1) is 24.5. The molecule has 0 heterocycles. The Kier molecular flexibility index (Phi) is 7.38. The van der Waals surface area contributed by atoms with Crippen LogP contribution in [0.3, 0.4) is 0 Å². The van der Waals surface area contributed by atoms with Gasteiger partial charge in [-0.25, -0.2) is 0 Å². The van der Waals surface area contributed by atoms with Crippen LogP contribution in [0.5, 0.6) is 0 Å². The maximum absolute atomic E-state index is 12.1. The number of carbonyl (C=O) groups excluding carboxylic acids is 1. The van der Waals surface area contributed by atoms with Gasteiger partial charge in [-0.3, -0.25) is 4.79 Å². The quantitative estimate of drug-likeness (QED) is 0.498. The lowest BCUT2D eigenvalue weighted by atomic mass is 9.60. The molecule has 174 valence electrons. The molecular weight excluding hydrogens is 384 g/mol. The summed E-state index contributed by atoms with van der Waals surface area (Å²) in [5, 5.41) is 20.3. The topological polar surface area (TPSA) is 57.5 Å². The predicted molar refractivity (Wildman–Crippen MR) is 128 cm³/mol. The lowest BCUT2D eigenvalue weighted by Crippen LogP contribution is -2.36. The second-order valence-electron chi connectivity index (χ2n) is 11.6. The Balaban J connectivity index is 1.72. The van der Waals surface area contributed by atoms with Crippen LogP contribution in [0.2, 0.25) is 0 Å². The van der Waals surface area contributed by atoms with E-state index < -0.39 is 11.7 Å². The molecule has 3 heteroatoms. The summed E-state index contributed by atoms with van der Waals surface area (Å²) in [6, 6.07) is 0. The van der Waals surface area contributed by atoms with Gasteiger partial charge in [0.05, 0.1) is 11.7 Å². The van der Waals surface area contributed by atoms with Crippen LogP contribution in [-0.2, 0) is 4.79 Å². The molecule has 31 heavy (non-hydrogen) atoms. The van der Waals surface area contributed by atoms with E-state index in [0.29, 0.717) is 35.2 Å². The highest BCUT2D eigenvalue weighted by atomic mass is 16.3. The maximum Gasteiger partial charge on any atom is 0.165 e. The third kappa shape index (κ3) is 5.25. The Labute approximate surface area is 189 Å². The zero-order valence-electron chi connectivity index (χ0n) is 20.4. The molecule has 0 aromatic rings. The first-order chi connectivity index (χ1) is 14.4. The van der Waals surface area contributed by atoms with Crippen LogP contribution in [0.25, 0.3) is 0 Å². The Hall–Kier alpha value is -1.19. The molecule has 0 unspecified atom stereocenters. The van der Waals surface area contributed by atoms with E-state index in [1.807, 2.05) is 13.8 Å². The molecule has 3 rings (SSSR count). The van der Waals surface area contributed by atoms with Crippen molar-refractivity contribution in [2.45, 2.75) is 104 Å². The van der Waals surface area contributed by atoms with Gasteiger partial charge in [-0.15, -0.1) is 0 Å². The number of fused-ring (bicyclic) bond motifs is 1. The van der Waals surface area contributed by atoms with Crippen molar-refractivity contribution < 1.29 is 15.0 Å². The Morgan fingerprint density at radius 3 is 2.58 bits per heavy atom. The van der Waals surface area contributed by atoms with Gasteiger partial charge in [0.2, 0.25) is 0 Å². The highest BCUT2D eigenvalue weighted by Crippen LogP contribution is 2.60. The summed E-state index contributed by atoms with van der Waals surface area (Å²) in [6.45, 7) is 14.9. The molecule has 0 bridgehead atoms. The van der Waals surface area contributed by atoms with Gasteiger partial charge in [-0.2, -0.15) is 0 Å². The van der Waals surface area contributed by atoms with Crippen LogP contribution in [0.1, 0.15) is 92.4 Å². The molecule has 3 saturated carbocycles. The summed E-state index contributed by atoms with van der Waals surface area (Å²) in [5.74, 6) is 2.32. The number of allylic oxidation sites excluding steroid dienone is 4. The summed E-state index contributed by atoms with van der Waals surface area (Å²) in [6.07, 6.45) is 13.0. The summed E-state index contributed by atoms with van der Waals surface area (Å²) in [4.78, 5) is 12.1. The fraction of sp³-hybridized carbons (Fsp3) is 0.750. The second-order valence-corrected chi connectivity index (χ2v) is 11.6. The van der Waals surface area contributed by atoms with Gasteiger partial charge in [0, 0.05) is 12.0 Å². The van der Waals surface area contributed by atoms with Crippen molar-refractivity contribution in [1.29, 1.82) is 0 Å². The largest absolute Gasteiger partial charge is 0.392 e. The number of carbonyl (C=O) groups is 1. The zero-order chi connectivity index (χ0) is 23.0. The molecule has 0 amide bonds. The molecule has 0 radical (unpaired) electrons. The molecule has 3 nitrogen and oxygen atoms in total. The van der Waals surface area contributed by atoms with Gasteiger partial charge in [-0.1, -0.05) is 51.5 Å². The first-order valence-corrected chi connectivity index (χ1v) is 12.5. The SMILES string of the molecule is C=C1C(=O)C[C@H](O)C/C1=C/C=C1\CCC[C@]2(C)[C@@H]([C@H](C)CC[C@@H](C)C(C)(C)O)CC[C@@H]12. The molecular formula is C28H44O3. The minimum absolute atomic E-state index is 0.0214. The minimum atomic E-state index is -0.603. The van der Waals surface area contributed by atoms with Crippen LogP contribution in [0.4, 0.5) is 0 Å². The van der Waals surface area contributed by atoms with Crippen LogP contribution >= 0.6 is 0 Å². The number of rotatable bonds is 6. The summed E-state index contributed by atoms with van der Waals surface area (Å²) in [5.41, 5.74) is 2.76. The number of hydrogen-bond acceptors (Lipinski definition) is 3. The molecule has 6 atom stereocenters. The molecule has 3 aliphatic carbocycles. The lowest BCUT2D eigenvalue weighted by molar-refractivity contribution is -0.117. The normalized spacial score (nSPS) is 36.7. The van der Waals surface area contributed by atoms with Crippen molar-refractivity contribution in [3.05, 3.63) is 35.5 Å². The number of hydrogen-bond donors (Lipinski definition) is 2. The Morgan fingerprint density at radius 2 is 1.90 bits per heavy atom. The predicted octanol–water partition coefficient (Wildman–Crippen LogP) is 6.16. The summed E-state index contributed by atoms with van der Waals surface area (Å²) in [7, 11) is 0. The van der Waals surface area contributed by atoms with Gasteiger partial charge in [0.1, 0.15) is 0 Å². The fourth-order valence-corrected chi connectivity index (χ4v) is 6.62. The molecule has 0 saturated heterocycles. The van der Waals surface area contributed by atoms with E-state index in [4.69, 9.17) is 0 Å². The van der Waals surface area contributed by atoms with Gasteiger partial charge in [0.15, 0.2) is 5.78 Å². The van der Waals surface area contributed by atoms with E-state index in [1.165, 1.54) is 37.7 Å². The minimum Gasteiger partial charge on any atom is -0.392 e. The Bertz CT molecular complexity index is 753. The van der Waals surface area contributed by atoms with Gasteiger partial charge >= 0.3 is 0 Å². The summed E-state index contributed by atoms with van der Waals surface area (Å²) < 4.78 is 0. The van der Waals surface area contributed by atoms with Gasteiger partial charge in [-0.05, 0) is 93.5 Å². The fourth-order valence-electron chi connectivity index (χ4n) is 6.62. The maximum atomic E-state index is 12.1. The van der Waals surface area contributed by atoms with Crippen LogP contribution < -0.4 is 0 Å². The third-order valence-corrected chi connectivity index (χ3v) is 9.09. The average molecular weight is 429 g/mol. The van der Waals surface area contributed by atoms with Gasteiger partial charge < -0.3 is 10.2 Å². The van der Waals surface area contributed by atoms with Crippen molar-refractivity contribution in [2.24, 2.45) is 29.1 Å². The molecule has 3 aliphatic rings. The summed E-state index contributed by atoms with van der Waals surface area (Å²) >= 11 is 0. The number of ketones is 1.